The van der Waals surface area contributed by atoms with Gasteiger partial charge in [0.25, 0.3) is 5.79 Å². The fourth-order valence-electron chi connectivity index (χ4n) is 5.05. The Bertz CT molecular complexity index is 1400. The number of fused-ring (bicyclic) bond motifs is 1. The molecule has 4 unspecified atom stereocenters. The van der Waals surface area contributed by atoms with Gasteiger partial charge < -0.3 is 61.4 Å². The second-order valence-corrected chi connectivity index (χ2v) is 12.6. The summed E-state index contributed by atoms with van der Waals surface area (Å²) in [6, 6.07) is 1.15. The van der Waals surface area contributed by atoms with Crippen molar-refractivity contribution in [2.75, 3.05) is 31.2 Å². The number of thiol groups is 1. The summed E-state index contributed by atoms with van der Waals surface area (Å²) < 4.78 is 33.8. The Morgan fingerprint density at radius 3 is 2.55 bits per heavy atom. The van der Waals surface area contributed by atoms with Gasteiger partial charge in [0.05, 0.1) is 44.2 Å². The predicted octanol–water partition coefficient (Wildman–Crippen LogP) is -4.23. The number of nitrogen functional groups attached to an aromatic ring is 1. The van der Waals surface area contributed by atoms with Gasteiger partial charge in [-0.2, -0.15) is 17.6 Å². The molecule has 11 N–H and O–H groups in total. The molecule has 1 aromatic heterocycles. The Morgan fingerprint density at radius 2 is 1.98 bits per heavy atom. The number of amides is 2. The molecular formula is C24H38N5O16PS. The van der Waals surface area contributed by atoms with Crippen LogP contribution in [-0.4, -0.2) is 130 Å². The van der Waals surface area contributed by atoms with Gasteiger partial charge in [-0.25, -0.2) is 23.2 Å². The fraction of sp³-hybridized carbons (Fsp3) is 0.708. The van der Waals surface area contributed by atoms with E-state index in [1.165, 1.54) is 0 Å². The standard InChI is InChI=1S/C24H38N5O16PS/c1-11(31)13(43-22(39)29-5-4-15(25)27-21(29)38)10-42-46(40,41)45-23(20(36)37)7-14(33)24(18(12(32)9-30)19(24)44-23)28-17(35)8-26-16(34)3-2-6-47/h4-5,11-14,18-19,22,30-33,39,47H,2-3,6-10H2,1H3,(H,26,34)(H,28,35)(H,36,37)(H,40,41)(H2,25,27,38)/t11-,12-,13-,14-,18?,19?,22+,23-,24?/m1/s1. The smallest absolute Gasteiger partial charge is 0.475 e. The second kappa shape index (κ2) is 15.7. The summed E-state index contributed by atoms with van der Waals surface area (Å²) >= 11 is 3.99. The first-order valence-electron chi connectivity index (χ1n) is 14.0. The Hall–Kier alpha value is -2.73. The van der Waals surface area contributed by atoms with Crippen LogP contribution >= 0.6 is 20.5 Å². The van der Waals surface area contributed by atoms with E-state index in [1.54, 1.807) is 0 Å². The molecule has 0 aromatic carbocycles. The molecule has 1 saturated heterocycles. The van der Waals surface area contributed by atoms with Gasteiger partial charge in [-0.3, -0.25) is 14.1 Å². The normalized spacial score (nSPS) is 29.0. The van der Waals surface area contributed by atoms with E-state index >= 15 is 0 Å². The molecule has 3 rings (SSSR count). The van der Waals surface area contributed by atoms with E-state index in [1.807, 2.05) is 0 Å². The van der Waals surface area contributed by atoms with E-state index in [4.69, 9.17) is 24.3 Å². The number of nitrogens with zero attached hydrogens (tertiary/aromatic N) is 2. The van der Waals surface area contributed by atoms with Crippen LogP contribution in [0, 0.1) is 5.92 Å². The number of aliphatic carboxylic acids is 1. The Kier molecular flexibility index (Phi) is 12.9. The van der Waals surface area contributed by atoms with Gasteiger partial charge >= 0.3 is 19.5 Å². The summed E-state index contributed by atoms with van der Waals surface area (Å²) in [6.07, 6.45) is -10.0. The number of hydrogen-bond donors (Lipinski definition) is 11. The minimum Gasteiger partial charge on any atom is -0.477 e. The number of nitrogens with one attached hydrogen (secondary N) is 2. The van der Waals surface area contributed by atoms with Crippen LogP contribution in [0.4, 0.5) is 5.82 Å². The second-order valence-electron chi connectivity index (χ2n) is 10.8. The highest BCUT2D eigenvalue weighted by Crippen LogP contribution is 2.60. The number of rotatable bonds is 18. The van der Waals surface area contributed by atoms with E-state index in [-0.39, 0.29) is 12.2 Å². The van der Waals surface area contributed by atoms with E-state index in [9.17, 15) is 59.3 Å². The van der Waals surface area contributed by atoms with Crippen LogP contribution in [0.3, 0.4) is 0 Å². The van der Waals surface area contributed by atoms with Crippen molar-refractivity contribution in [2.45, 2.75) is 74.4 Å². The summed E-state index contributed by atoms with van der Waals surface area (Å²) in [5, 5.41) is 66.1. The van der Waals surface area contributed by atoms with E-state index < -0.39 is 112 Å². The first-order chi connectivity index (χ1) is 21.9. The largest absolute Gasteiger partial charge is 0.477 e. The van der Waals surface area contributed by atoms with Gasteiger partial charge in [0.1, 0.15) is 17.5 Å². The summed E-state index contributed by atoms with van der Waals surface area (Å²) in [4.78, 5) is 62.7. The van der Waals surface area contributed by atoms with Crippen LogP contribution in [0.15, 0.2) is 17.1 Å². The van der Waals surface area contributed by atoms with E-state index in [2.05, 4.69) is 28.2 Å². The molecule has 2 fully saturated rings. The van der Waals surface area contributed by atoms with Crippen LogP contribution in [0.2, 0.25) is 0 Å². The maximum atomic E-state index is 12.9. The number of aliphatic hydroxyl groups excluding tert-OH is 5. The summed E-state index contributed by atoms with van der Waals surface area (Å²) in [6.45, 7) is -1.39. The lowest BCUT2D eigenvalue weighted by Gasteiger charge is -2.39. The van der Waals surface area contributed by atoms with Gasteiger partial charge in [-0.1, -0.05) is 0 Å². The topological polar surface area (TPSA) is 332 Å². The number of nitrogens with two attached hydrogens (primary N) is 1. The molecule has 0 bridgehead atoms. The highest BCUT2D eigenvalue weighted by Gasteiger charge is 2.79. The predicted molar refractivity (Wildman–Crippen MR) is 157 cm³/mol. The van der Waals surface area contributed by atoms with E-state index in [0.717, 1.165) is 19.2 Å². The molecule has 0 radical (unpaired) electrons. The van der Waals surface area contributed by atoms with Crippen LogP contribution in [-0.2, 0) is 37.5 Å². The van der Waals surface area contributed by atoms with Crippen molar-refractivity contribution in [1.29, 1.82) is 0 Å². The zero-order valence-corrected chi connectivity index (χ0v) is 26.6. The third-order valence-corrected chi connectivity index (χ3v) is 8.77. The molecule has 21 nitrogen and oxygen atoms in total. The maximum absolute atomic E-state index is 12.9. The molecule has 2 aliphatic rings. The zero-order valence-electron chi connectivity index (χ0n) is 24.8. The van der Waals surface area contributed by atoms with Gasteiger partial charge in [-0.15, -0.1) is 0 Å². The van der Waals surface area contributed by atoms with Crippen molar-refractivity contribution in [3.63, 3.8) is 0 Å². The number of aliphatic hydroxyl groups is 5. The Labute approximate surface area is 271 Å². The summed E-state index contributed by atoms with van der Waals surface area (Å²) in [5.41, 5.74) is 2.45. The third-order valence-electron chi connectivity index (χ3n) is 7.45. The Morgan fingerprint density at radius 1 is 1.30 bits per heavy atom. The molecule has 2 heterocycles. The SMILES string of the molecule is C[C@@H](O)[C@@H](COP(=O)(O)O[C@@]1(C(=O)O)C[C@@H](O)C2(NC(=O)CNC(=O)CCCS)C(O1)C2[C@H](O)CO)O[C@H](O)n1ccc(N)nc1=O. The molecule has 23 heteroatoms. The third kappa shape index (κ3) is 9.04. The van der Waals surface area contributed by atoms with Crippen molar-refractivity contribution in [3.8, 4) is 0 Å². The minimum absolute atomic E-state index is 0.0780. The number of phosphoric ester groups is 1. The molecule has 1 aromatic rings. The number of anilines is 1. The highest BCUT2D eigenvalue weighted by atomic mass is 32.1. The first kappa shape index (κ1) is 38.7. The monoisotopic (exact) mass is 715 g/mol. The molecule has 10 atom stereocenters. The van der Waals surface area contributed by atoms with Gasteiger partial charge in [0.2, 0.25) is 18.2 Å². The quantitative estimate of drug-likeness (QED) is 0.0389. The first-order valence-corrected chi connectivity index (χ1v) is 16.2. The number of carbonyl (C=O) groups is 3. The highest BCUT2D eigenvalue weighted by molar-refractivity contribution is 7.80. The maximum Gasteiger partial charge on any atom is 0.475 e. The lowest BCUT2D eigenvalue weighted by Crippen LogP contribution is -2.61. The number of carboxylic acid groups (broad SMARTS) is 1. The molecule has 1 saturated carbocycles. The lowest BCUT2D eigenvalue weighted by molar-refractivity contribution is -0.251. The molecule has 2 amide bonds. The van der Waals surface area contributed by atoms with Crippen molar-refractivity contribution in [2.24, 2.45) is 5.92 Å². The van der Waals surface area contributed by atoms with Crippen LogP contribution < -0.4 is 22.1 Å². The Balaban J connectivity index is 1.74. The number of carboxylic acids is 1. The molecule has 1 aliphatic carbocycles. The van der Waals surface area contributed by atoms with Crippen molar-refractivity contribution in [1.82, 2.24) is 20.2 Å². The number of ether oxygens (including phenoxy) is 2. The molecule has 266 valence electrons. The summed E-state index contributed by atoms with van der Waals surface area (Å²) in [7, 11) is -5.51. The number of aromatic nitrogens is 2. The van der Waals surface area contributed by atoms with Crippen molar-refractivity contribution in [3.05, 3.63) is 22.7 Å². The average Bonchev–Trinajstić information content (AvgIpc) is 3.63. The summed E-state index contributed by atoms with van der Waals surface area (Å²) in [5.74, 6) is -7.56. The molecule has 47 heavy (non-hydrogen) atoms. The van der Waals surface area contributed by atoms with Crippen LogP contribution in [0.1, 0.15) is 32.6 Å². The zero-order chi connectivity index (χ0) is 35.3. The van der Waals surface area contributed by atoms with Gasteiger partial charge in [0.15, 0.2) is 0 Å². The fourth-order valence-corrected chi connectivity index (χ4v) is 6.16. The number of carbonyl (C=O) groups excluding carboxylic acids is 2. The van der Waals surface area contributed by atoms with Gasteiger partial charge in [-0.05, 0) is 25.2 Å². The van der Waals surface area contributed by atoms with Crippen LogP contribution in [0.5, 0.6) is 0 Å². The molecule has 0 spiro atoms. The van der Waals surface area contributed by atoms with Gasteiger partial charge in [0, 0.05) is 25.0 Å². The van der Waals surface area contributed by atoms with Crippen molar-refractivity contribution < 1.29 is 73.0 Å². The number of hydrogen-bond acceptors (Lipinski definition) is 17. The van der Waals surface area contributed by atoms with Crippen molar-refractivity contribution >= 4 is 44.1 Å². The minimum atomic E-state index is -5.51. The molecule has 1 aliphatic heterocycles. The molecular weight excluding hydrogens is 677 g/mol. The lowest BCUT2D eigenvalue weighted by atomic mass is 9.94. The van der Waals surface area contributed by atoms with Crippen LogP contribution in [0.25, 0.3) is 0 Å². The average molecular weight is 716 g/mol. The van der Waals surface area contributed by atoms with E-state index in [0.29, 0.717) is 16.7 Å². The number of phosphoric acid groups is 1.